The molecular formula is C22H27Cl2N5O. The molecule has 1 amide bonds. The Hall–Kier alpha value is -2.41. The summed E-state index contributed by atoms with van der Waals surface area (Å²) in [5.41, 5.74) is 9.79. The number of hydrogen-bond donors (Lipinski definition) is 1. The van der Waals surface area contributed by atoms with Crippen molar-refractivity contribution in [3.05, 3.63) is 77.2 Å². The summed E-state index contributed by atoms with van der Waals surface area (Å²) in [7, 11) is 0. The monoisotopic (exact) mass is 447 g/mol. The van der Waals surface area contributed by atoms with Crippen LogP contribution in [0.4, 0.5) is 0 Å². The Bertz CT molecular complexity index is 975. The van der Waals surface area contributed by atoms with Gasteiger partial charge in [-0.2, -0.15) is 5.10 Å². The highest BCUT2D eigenvalue weighted by Crippen LogP contribution is 2.32. The molecule has 30 heavy (non-hydrogen) atoms. The van der Waals surface area contributed by atoms with Crippen LogP contribution in [-0.2, 0) is 0 Å². The van der Waals surface area contributed by atoms with Gasteiger partial charge in [-0.05, 0) is 50.1 Å². The van der Waals surface area contributed by atoms with E-state index in [4.69, 9.17) is 5.73 Å². The number of aromatic nitrogens is 3. The number of benzene rings is 1. The predicted octanol–water partition coefficient (Wildman–Crippen LogP) is 3.54. The average Bonchev–Trinajstić information content (AvgIpc) is 3.31. The van der Waals surface area contributed by atoms with Crippen molar-refractivity contribution < 1.29 is 4.79 Å². The second-order valence-electron chi connectivity index (χ2n) is 7.47. The highest BCUT2D eigenvalue weighted by molar-refractivity contribution is 5.94. The molecule has 160 valence electrons. The van der Waals surface area contributed by atoms with Crippen LogP contribution in [0, 0.1) is 19.8 Å². The Labute approximate surface area is 189 Å². The fraction of sp³-hybridized carbons (Fsp3) is 0.318. The molecule has 0 radical (unpaired) electrons. The van der Waals surface area contributed by atoms with E-state index in [-0.39, 0.29) is 42.6 Å². The van der Waals surface area contributed by atoms with Crippen molar-refractivity contribution in [2.75, 3.05) is 19.6 Å². The van der Waals surface area contributed by atoms with Crippen LogP contribution >= 0.6 is 24.8 Å². The summed E-state index contributed by atoms with van der Waals surface area (Å²) in [6, 6.07) is 16.0. The maximum Gasteiger partial charge on any atom is 0.255 e. The van der Waals surface area contributed by atoms with Crippen LogP contribution in [0.3, 0.4) is 0 Å². The summed E-state index contributed by atoms with van der Waals surface area (Å²) >= 11 is 0. The van der Waals surface area contributed by atoms with Gasteiger partial charge >= 0.3 is 0 Å². The van der Waals surface area contributed by atoms with Crippen LogP contribution < -0.4 is 5.73 Å². The molecule has 6 nitrogen and oxygen atoms in total. The van der Waals surface area contributed by atoms with Gasteiger partial charge in [-0.25, -0.2) is 9.67 Å². The van der Waals surface area contributed by atoms with Crippen LogP contribution in [0.5, 0.6) is 0 Å². The molecule has 2 N–H and O–H groups in total. The third kappa shape index (κ3) is 4.67. The molecule has 1 fully saturated rings. The van der Waals surface area contributed by atoms with Crippen molar-refractivity contribution in [2.24, 2.45) is 11.7 Å². The number of hydrogen-bond acceptors (Lipinski definition) is 4. The van der Waals surface area contributed by atoms with E-state index in [0.717, 1.165) is 11.4 Å². The Morgan fingerprint density at radius 1 is 1.10 bits per heavy atom. The zero-order valence-electron chi connectivity index (χ0n) is 17.1. The number of carbonyl (C=O) groups is 1. The van der Waals surface area contributed by atoms with E-state index >= 15 is 0 Å². The van der Waals surface area contributed by atoms with Crippen LogP contribution in [0.2, 0.25) is 0 Å². The normalized spacial score (nSPS) is 17.9. The number of rotatable bonds is 4. The first-order valence-electron chi connectivity index (χ1n) is 9.61. The second kappa shape index (κ2) is 10.1. The third-order valence-corrected chi connectivity index (χ3v) is 5.48. The van der Waals surface area contributed by atoms with Crippen LogP contribution in [0.25, 0.3) is 5.82 Å². The fourth-order valence-corrected chi connectivity index (χ4v) is 4.04. The number of amides is 1. The predicted molar refractivity (Wildman–Crippen MR) is 123 cm³/mol. The van der Waals surface area contributed by atoms with Crippen molar-refractivity contribution in [3.63, 3.8) is 0 Å². The molecule has 0 spiro atoms. The Morgan fingerprint density at radius 3 is 2.40 bits per heavy atom. The van der Waals surface area contributed by atoms with Gasteiger partial charge in [0.25, 0.3) is 5.91 Å². The van der Waals surface area contributed by atoms with Crippen molar-refractivity contribution in [3.8, 4) is 5.82 Å². The topological polar surface area (TPSA) is 77.0 Å². The van der Waals surface area contributed by atoms with Gasteiger partial charge in [0, 0.05) is 30.9 Å². The largest absolute Gasteiger partial charge is 0.338 e. The Balaban J connectivity index is 0.00000160. The average molecular weight is 448 g/mol. The second-order valence-corrected chi connectivity index (χ2v) is 7.47. The van der Waals surface area contributed by atoms with Gasteiger partial charge in [-0.1, -0.05) is 30.3 Å². The lowest BCUT2D eigenvalue weighted by molar-refractivity contribution is 0.0786. The highest BCUT2D eigenvalue weighted by Gasteiger charge is 2.35. The lowest BCUT2D eigenvalue weighted by atomic mass is 9.89. The Morgan fingerprint density at radius 2 is 1.83 bits per heavy atom. The molecule has 2 atom stereocenters. The molecule has 1 aliphatic heterocycles. The zero-order valence-corrected chi connectivity index (χ0v) is 18.7. The summed E-state index contributed by atoms with van der Waals surface area (Å²) < 4.78 is 1.79. The van der Waals surface area contributed by atoms with Crippen LogP contribution in [0.15, 0.2) is 54.7 Å². The molecule has 3 heterocycles. The fourth-order valence-electron chi connectivity index (χ4n) is 4.04. The van der Waals surface area contributed by atoms with Gasteiger partial charge < -0.3 is 10.6 Å². The summed E-state index contributed by atoms with van der Waals surface area (Å²) in [5, 5.41) is 4.44. The van der Waals surface area contributed by atoms with E-state index in [1.165, 1.54) is 5.56 Å². The third-order valence-electron chi connectivity index (χ3n) is 5.48. The quantitative estimate of drug-likeness (QED) is 0.663. The van der Waals surface area contributed by atoms with Crippen molar-refractivity contribution in [2.45, 2.75) is 19.8 Å². The van der Waals surface area contributed by atoms with E-state index in [1.807, 2.05) is 55.1 Å². The molecule has 0 aliphatic carbocycles. The number of nitrogens with zero attached hydrogens (tertiary/aromatic N) is 4. The number of nitrogens with two attached hydrogens (primary N) is 1. The first-order chi connectivity index (χ1) is 13.6. The minimum absolute atomic E-state index is 0. The molecule has 2 aromatic heterocycles. The zero-order chi connectivity index (χ0) is 19.7. The number of carbonyl (C=O) groups excluding carboxylic acids is 1. The van der Waals surface area contributed by atoms with Crippen molar-refractivity contribution >= 4 is 30.7 Å². The summed E-state index contributed by atoms with van der Waals surface area (Å²) in [6.45, 7) is 5.87. The molecule has 8 heteroatoms. The van der Waals surface area contributed by atoms with Gasteiger partial charge in [0.1, 0.15) is 0 Å². The molecule has 4 rings (SSSR count). The van der Waals surface area contributed by atoms with Crippen LogP contribution in [-0.4, -0.2) is 45.2 Å². The van der Waals surface area contributed by atoms with Crippen molar-refractivity contribution in [1.29, 1.82) is 0 Å². The molecular weight excluding hydrogens is 421 g/mol. The van der Waals surface area contributed by atoms with E-state index < -0.39 is 0 Å². The van der Waals surface area contributed by atoms with Crippen LogP contribution in [0.1, 0.15) is 33.2 Å². The summed E-state index contributed by atoms with van der Waals surface area (Å²) in [4.78, 5) is 19.4. The molecule has 3 aromatic rings. The number of likely N-dealkylation sites (tertiary alicyclic amines) is 1. The standard InChI is InChI=1S/C22H25N5O.2ClH/c1-15-10-16(2)27(25-15)21-9-8-18(12-24-21)22(28)26-13-19(11-23)20(14-26)17-6-4-3-5-7-17;;/h3-10,12,19-20H,11,13-14,23H2,1-2H3;2*1H/t19-,20+;;/m1../s1. The number of pyridine rings is 1. The minimum Gasteiger partial charge on any atom is -0.338 e. The smallest absolute Gasteiger partial charge is 0.255 e. The van der Waals surface area contributed by atoms with E-state index in [1.54, 1.807) is 10.9 Å². The number of halogens is 2. The summed E-state index contributed by atoms with van der Waals surface area (Å²) in [5.74, 6) is 1.26. The van der Waals surface area contributed by atoms with Gasteiger partial charge in [-0.15, -0.1) is 24.8 Å². The summed E-state index contributed by atoms with van der Waals surface area (Å²) in [6.07, 6.45) is 1.64. The lowest BCUT2D eigenvalue weighted by Gasteiger charge is -2.17. The molecule has 0 unspecified atom stereocenters. The van der Waals surface area contributed by atoms with E-state index in [0.29, 0.717) is 31.0 Å². The maximum absolute atomic E-state index is 13.0. The molecule has 1 aromatic carbocycles. The van der Waals surface area contributed by atoms with Gasteiger partial charge in [-0.3, -0.25) is 4.79 Å². The highest BCUT2D eigenvalue weighted by atomic mass is 35.5. The van der Waals surface area contributed by atoms with Gasteiger partial charge in [0.05, 0.1) is 11.3 Å². The van der Waals surface area contributed by atoms with E-state index in [2.05, 4.69) is 22.2 Å². The lowest BCUT2D eigenvalue weighted by Crippen LogP contribution is -2.30. The van der Waals surface area contributed by atoms with E-state index in [9.17, 15) is 4.79 Å². The van der Waals surface area contributed by atoms with Gasteiger partial charge in [0.15, 0.2) is 5.82 Å². The minimum atomic E-state index is 0. The number of aryl methyl sites for hydroxylation is 2. The SMILES string of the molecule is Cc1cc(C)n(-c2ccc(C(=O)N3C[C@@H](CN)[C@H](c4ccccc4)C3)cn2)n1.Cl.Cl. The molecule has 1 aliphatic rings. The maximum atomic E-state index is 13.0. The van der Waals surface area contributed by atoms with Gasteiger partial charge in [0.2, 0.25) is 0 Å². The first-order valence-corrected chi connectivity index (χ1v) is 9.61. The Kier molecular flexibility index (Phi) is 8.01. The molecule has 0 saturated carbocycles. The molecule has 1 saturated heterocycles. The van der Waals surface area contributed by atoms with Crippen molar-refractivity contribution in [1.82, 2.24) is 19.7 Å². The molecule has 0 bridgehead atoms. The first kappa shape index (κ1) is 23.9.